The van der Waals surface area contributed by atoms with Crippen LogP contribution in [0.5, 0.6) is 0 Å². The Balaban J connectivity index is 1.96. The largest absolute Gasteiger partial charge is 0.467 e. The van der Waals surface area contributed by atoms with E-state index in [4.69, 9.17) is 27.6 Å². The molecule has 0 aliphatic rings. The highest BCUT2D eigenvalue weighted by molar-refractivity contribution is 7.89. The van der Waals surface area contributed by atoms with E-state index in [1.807, 2.05) is 0 Å². The normalized spacial score (nSPS) is 12.8. The third-order valence-electron chi connectivity index (χ3n) is 2.97. The highest BCUT2D eigenvalue weighted by Crippen LogP contribution is 2.24. The van der Waals surface area contributed by atoms with Gasteiger partial charge >= 0.3 is 0 Å². The second-order valence-electron chi connectivity index (χ2n) is 4.71. The van der Waals surface area contributed by atoms with Crippen LogP contribution in [-0.2, 0) is 14.8 Å². The maximum Gasteiger partial charge on any atom is 0.241 e. The number of hydrogen-bond acceptors (Lipinski definition) is 4. The van der Waals surface area contributed by atoms with Crippen LogP contribution in [0.25, 0.3) is 0 Å². The molecule has 0 fully saturated rings. The summed E-state index contributed by atoms with van der Waals surface area (Å²) >= 11 is 11.5. The Kier molecular flexibility index (Phi) is 5.69. The van der Waals surface area contributed by atoms with E-state index in [0.29, 0.717) is 5.76 Å². The van der Waals surface area contributed by atoms with Crippen molar-refractivity contribution in [3.63, 3.8) is 0 Å². The number of hydrogen-bond donors (Lipinski definition) is 2. The highest BCUT2D eigenvalue weighted by atomic mass is 35.5. The molecule has 0 saturated carbocycles. The van der Waals surface area contributed by atoms with Crippen LogP contribution in [0, 0.1) is 0 Å². The van der Waals surface area contributed by atoms with Gasteiger partial charge in [-0.25, -0.2) is 13.1 Å². The maximum absolute atomic E-state index is 12.1. The van der Waals surface area contributed by atoms with Crippen LogP contribution in [0.2, 0.25) is 10.0 Å². The number of halogens is 2. The molecule has 0 aliphatic heterocycles. The van der Waals surface area contributed by atoms with Gasteiger partial charge in [-0.15, -0.1) is 0 Å². The average Bonchev–Trinajstić information content (AvgIpc) is 3.02. The Morgan fingerprint density at radius 3 is 2.61 bits per heavy atom. The zero-order chi connectivity index (χ0) is 17.0. The second-order valence-corrected chi connectivity index (χ2v) is 7.29. The summed E-state index contributed by atoms with van der Waals surface area (Å²) in [4.78, 5) is 11.8. The molecule has 0 bridgehead atoms. The van der Waals surface area contributed by atoms with Gasteiger partial charge in [0.15, 0.2) is 0 Å². The van der Waals surface area contributed by atoms with Gasteiger partial charge in [0.25, 0.3) is 0 Å². The van der Waals surface area contributed by atoms with Crippen LogP contribution in [0.3, 0.4) is 0 Å². The SMILES string of the molecule is CC(NC(=O)CNS(=O)(=O)c1ccc(Cl)c(Cl)c1)c1ccco1. The third kappa shape index (κ3) is 4.71. The maximum atomic E-state index is 12.1. The number of nitrogens with one attached hydrogen (secondary N) is 2. The topological polar surface area (TPSA) is 88.4 Å². The molecule has 124 valence electrons. The van der Waals surface area contributed by atoms with Gasteiger partial charge in [-0.05, 0) is 37.3 Å². The lowest BCUT2D eigenvalue weighted by Crippen LogP contribution is -2.37. The molecule has 9 heteroatoms. The average molecular weight is 377 g/mol. The highest BCUT2D eigenvalue weighted by Gasteiger charge is 2.18. The van der Waals surface area contributed by atoms with E-state index in [2.05, 4.69) is 10.0 Å². The first-order valence-electron chi connectivity index (χ1n) is 6.57. The minimum Gasteiger partial charge on any atom is -0.467 e. The summed E-state index contributed by atoms with van der Waals surface area (Å²) in [5, 5.41) is 2.98. The van der Waals surface area contributed by atoms with Crippen molar-refractivity contribution in [3.8, 4) is 0 Å². The van der Waals surface area contributed by atoms with E-state index in [1.165, 1.54) is 24.5 Å². The van der Waals surface area contributed by atoms with E-state index in [9.17, 15) is 13.2 Å². The predicted octanol–water partition coefficient (Wildman–Crippen LogP) is 2.74. The Bertz CT molecular complexity index is 791. The van der Waals surface area contributed by atoms with Gasteiger partial charge in [-0.2, -0.15) is 0 Å². The Morgan fingerprint density at radius 2 is 2.00 bits per heavy atom. The monoisotopic (exact) mass is 376 g/mol. The van der Waals surface area contributed by atoms with Crippen molar-refractivity contribution in [2.45, 2.75) is 17.9 Å². The van der Waals surface area contributed by atoms with Crippen LogP contribution < -0.4 is 10.0 Å². The van der Waals surface area contributed by atoms with E-state index in [0.717, 1.165) is 0 Å². The van der Waals surface area contributed by atoms with Gasteiger partial charge < -0.3 is 9.73 Å². The first kappa shape index (κ1) is 17.8. The number of carbonyl (C=O) groups excluding carboxylic acids is 1. The van der Waals surface area contributed by atoms with E-state index in [-0.39, 0.29) is 21.0 Å². The fourth-order valence-corrected chi connectivity index (χ4v) is 3.16. The molecule has 23 heavy (non-hydrogen) atoms. The summed E-state index contributed by atoms with van der Waals surface area (Å²) in [5.41, 5.74) is 0. The van der Waals surface area contributed by atoms with Gasteiger partial charge in [-0.1, -0.05) is 23.2 Å². The number of benzene rings is 1. The summed E-state index contributed by atoms with van der Waals surface area (Å²) in [6.07, 6.45) is 1.49. The van der Waals surface area contributed by atoms with Crippen LogP contribution in [0.15, 0.2) is 45.9 Å². The standard InChI is InChI=1S/C14H14Cl2N2O4S/c1-9(13-3-2-6-22-13)18-14(19)8-17-23(20,21)10-4-5-11(15)12(16)7-10/h2-7,9,17H,8H2,1H3,(H,18,19). The molecule has 2 rings (SSSR count). The molecule has 1 aromatic carbocycles. The number of furan rings is 1. The van der Waals surface area contributed by atoms with Gasteiger partial charge in [0, 0.05) is 0 Å². The van der Waals surface area contributed by atoms with Gasteiger partial charge in [0.05, 0.1) is 33.8 Å². The number of carbonyl (C=O) groups is 1. The van der Waals surface area contributed by atoms with Crippen LogP contribution >= 0.6 is 23.2 Å². The Morgan fingerprint density at radius 1 is 1.26 bits per heavy atom. The zero-order valence-electron chi connectivity index (χ0n) is 12.0. The lowest BCUT2D eigenvalue weighted by atomic mass is 10.2. The van der Waals surface area contributed by atoms with Crippen molar-refractivity contribution in [2.75, 3.05) is 6.54 Å². The van der Waals surface area contributed by atoms with Crippen LogP contribution in [-0.4, -0.2) is 20.9 Å². The van der Waals surface area contributed by atoms with Crippen molar-refractivity contribution in [1.82, 2.24) is 10.0 Å². The molecule has 2 N–H and O–H groups in total. The molecule has 0 spiro atoms. The number of sulfonamides is 1. The lowest BCUT2D eigenvalue weighted by molar-refractivity contribution is -0.120. The first-order valence-corrected chi connectivity index (χ1v) is 8.81. The smallest absolute Gasteiger partial charge is 0.241 e. The van der Waals surface area contributed by atoms with Crippen molar-refractivity contribution in [2.24, 2.45) is 0 Å². The fourth-order valence-electron chi connectivity index (χ4n) is 1.79. The molecule has 6 nitrogen and oxygen atoms in total. The zero-order valence-corrected chi connectivity index (χ0v) is 14.4. The molecule has 0 radical (unpaired) electrons. The van der Waals surface area contributed by atoms with Gasteiger partial charge in [0.2, 0.25) is 15.9 Å². The molecule has 1 atom stereocenters. The summed E-state index contributed by atoms with van der Waals surface area (Å²) in [6.45, 7) is 1.32. The van der Waals surface area contributed by atoms with E-state index < -0.39 is 22.5 Å². The van der Waals surface area contributed by atoms with Gasteiger partial charge in [0.1, 0.15) is 5.76 Å². The quantitative estimate of drug-likeness (QED) is 0.810. The molecule has 1 unspecified atom stereocenters. The summed E-state index contributed by atoms with van der Waals surface area (Å²) in [7, 11) is -3.86. The molecule has 2 aromatic rings. The summed E-state index contributed by atoms with van der Waals surface area (Å²) in [5.74, 6) is 0.0863. The Labute approximate surface area is 143 Å². The molecule has 1 heterocycles. The molecular formula is C14H14Cl2N2O4S. The fraction of sp³-hybridized carbons (Fsp3) is 0.214. The molecular weight excluding hydrogens is 363 g/mol. The van der Waals surface area contributed by atoms with Crippen LogP contribution in [0.4, 0.5) is 0 Å². The van der Waals surface area contributed by atoms with Crippen LogP contribution in [0.1, 0.15) is 18.7 Å². The van der Waals surface area contributed by atoms with Gasteiger partial charge in [-0.3, -0.25) is 4.79 Å². The number of rotatable bonds is 6. The summed E-state index contributed by atoms with van der Waals surface area (Å²) < 4.78 is 31.6. The van der Waals surface area contributed by atoms with E-state index >= 15 is 0 Å². The molecule has 1 aromatic heterocycles. The molecule has 1 amide bonds. The van der Waals surface area contributed by atoms with E-state index in [1.54, 1.807) is 19.1 Å². The summed E-state index contributed by atoms with van der Waals surface area (Å²) in [6, 6.07) is 6.94. The van der Waals surface area contributed by atoms with Crippen molar-refractivity contribution >= 4 is 39.1 Å². The first-order chi connectivity index (χ1) is 10.8. The third-order valence-corrected chi connectivity index (χ3v) is 5.11. The van der Waals surface area contributed by atoms with Crippen molar-refractivity contribution in [3.05, 3.63) is 52.4 Å². The minimum atomic E-state index is -3.86. The Hall–Kier alpha value is -1.54. The number of amides is 1. The van der Waals surface area contributed by atoms with Crippen molar-refractivity contribution in [1.29, 1.82) is 0 Å². The van der Waals surface area contributed by atoms with Crippen molar-refractivity contribution < 1.29 is 17.6 Å². The minimum absolute atomic E-state index is 0.0706. The predicted molar refractivity (Wildman–Crippen MR) is 86.9 cm³/mol. The lowest BCUT2D eigenvalue weighted by Gasteiger charge is -2.12. The second kappa shape index (κ2) is 7.35. The molecule has 0 saturated heterocycles. The molecule has 0 aliphatic carbocycles.